The van der Waals surface area contributed by atoms with Crippen molar-refractivity contribution >= 4 is 34.0 Å². The molecule has 3 aromatic carbocycles. The fraction of sp³-hybridized carbons (Fsp3) is 0.324. The number of rotatable bonds is 14. The van der Waals surface area contributed by atoms with Crippen LogP contribution in [0.3, 0.4) is 0 Å². The Labute approximate surface area is 265 Å². The first-order valence-electron chi connectivity index (χ1n) is 15.0. The molecule has 4 aromatic rings. The van der Waals surface area contributed by atoms with Gasteiger partial charge in [-0.3, -0.25) is 19.0 Å². The predicted octanol–water partition coefficient (Wildman–Crippen LogP) is 6.45. The van der Waals surface area contributed by atoms with E-state index in [-0.39, 0.29) is 48.6 Å². The van der Waals surface area contributed by atoms with E-state index in [4.69, 9.17) is 15.2 Å². The number of nitrogens with zero attached hydrogens (tertiary/aromatic N) is 3. The number of phenolic OH excluding ortho intramolecular Hbond substituents is 1. The molecule has 0 spiro atoms. The SMILES string of the molecule is CCCC(C(=O)O)C(CC)n1c(O)c(C(N)=O)c(C)c(N=Nc2ccc(OCCOc3cc(C)c(O)c4ccccc34)cc2)c1=O. The Kier molecular flexibility index (Phi) is 10.6. The predicted molar refractivity (Wildman–Crippen MR) is 173 cm³/mol. The molecule has 12 nitrogen and oxygen atoms in total. The lowest BCUT2D eigenvalue weighted by Gasteiger charge is -2.27. The highest BCUT2D eigenvalue weighted by atomic mass is 16.5. The number of fused-ring (bicyclic) bond motifs is 1. The summed E-state index contributed by atoms with van der Waals surface area (Å²) in [5, 5.41) is 40.9. The fourth-order valence-electron chi connectivity index (χ4n) is 5.54. The summed E-state index contributed by atoms with van der Waals surface area (Å²) in [4.78, 5) is 38.0. The van der Waals surface area contributed by atoms with Crippen molar-refractivity contribution in [2.24, 2.45) is 21.9 Å². The van der Waals surface area contributed by atoms with Crippen LogP contribution in [0.15, 0.2) is 69.6 Å². The van der Waals surface area contributed by atoms with Gasteiger partial charge in [-0.05, 0) is 62.6 Å². The van der Waals surface area contributed by atoms with Crippen molar-refractivity contribution in [2.75, 3.05) is 13.2 Å². The van der Waals surface area contributed by atoms with Gasteiger partial charge in [0.25, 0.3) is 11.5 Å². The highest BCUT2D eigenvalue weighted by Gasteiger charge is 2.33. The van der Waals surface area contributed by atoms with Crippen LogP contribution in [0.4, 0.5) is 11.4 Å². The van der Waals surface area contributed by atoms with Gasteiger partial charge in [0.2, 0.25) is 5.88 Å². The lowest BCUT2D eigenvalue weighted by Crippen LogP contribution is -2.34. The lowest BCUT2D eigenvalue weighted by molar-refractivity contribution is -0.143. The minimum absolute atomic E-state index is 0.0313. The molecule has 2 atom stereocenters. The van der Waals surface area contributed by atoms with E-state index in [0.717, 1.165) is 9.95 Å². The second kappa shape index (κ2) is 14.6. The highest BCUT2D eigenvalue weighted by Crippen LogP contribution is 2.36. The molecule has 1 heterocycles. The van der Waals surface area contributed by atoms with Crippen LogP contribution in [0.2, 0.25) is 0 Å². The molecule has 12 heteroatoms. The standard InChI is InChI=1S/C34H38N4O8/c1-5-9-25(34(43)44)26(6-2)38-32(41)28(31(35)40)20(4)29(33(38)42)37-36-21-12-14-22(15-13-21)45-16-17-46-27-18-19(3)30(39)24-11-8-7-10-23(24)27/h7-8,10-15,18,25-26,39,41H,5-6,9,16-17H2,1-4H3,(H2,35,40)(H,43,44). The van der Waals surface area contributed by atoms with Crippen molar-refractivity contribution in [3.8, 4) is 23.1 Å². The Balaban J connectivity index is 1.52. The molecule has 1 aromatic heterocycles. The Hall–Kier alpha value is -5.39. The number of primary amides is 1. The van der Waals surface area contributed by atoms with Crippen LogP contribution >= 0.6 is 0 Å². The number of aromatic nitrogens is 1. The molecule has 0 saturated heterocycles. The van der Waals surface area contributed by atoms with Crippen LogP contribution in [0.1, 0.15) is 60.6 Å². The van der Waals surface area contributed by atoms with Gasteiger partial charge in [0, 0.05) is 16.3 Å². The van der Waals surface area contributed by atoms with Gasteiger partial charge >= 0.3 is 5.97 Å². The normalized spacial score (nSPS) is 12.7. The number of aliphatic carboxylic acids is 1. The van der Waals surface area contributed by atoms with Crippen molar-refractivity contribution < 1.29 is 34.4 Å². The zero-order valence-corrected chi connectivity index (χ0v) is 26.2. The molecule has 0 saturated carbocycles. The highest BCUT2D eigenvalue weighted by molar-refractivity contribution is 5.97. The van der Waals surface area contributed by atoms with Crippen molar-refractivity contribution in [1.29, 1.82) is 0 Å². The summed E-state index contributed by atoms with van der Waals surface area (Å²) in [5.41, 5.74) is 5.31. The fourth-order valence-corrected chi connectivity index (χ4v) is 5.54. The molecule has 242 valence electrons. The Morgan fingerprint density at radius 1 is 0.957 bits per heavy atom. The Morgan fingerprint density at radius 2 is 1.61 bits per heavy atom. The molecule has 0 fully saturated rings. The number of carboxylic acid groups (broad SMARTS) is 1. The third-order valence-electron chi connectivity index (χ3n) is 7.86. The molecule has 1 amide bonds. The second-order valence-corrected chi connectivity index (χ2v) is 10.9. The second-order valence-electron chi connectivity index (χ2n) is 10.9. The maximum atomic E-state index is 13.6. The number of azo groups is 1. The number of aromatic hydroxyl groups is 2. The van der Waals surface area contributed by atoms with Gasteiger partial charge in [-0.25, -0.2) is 0 Å². The van der Waals surface area contributed by atoms with Gasteiger partial charge in [0.15, 0.2) is 5.69 Å². The van der Waals surface area contributed by atoms with Crippen molar-refractivity contribution in [3.05, 3.63) is 81.6 Å². The van der Waals surface area contributed by atoms with Gasteiger partial charge in [-0.1, -0.05) is 44.5 Å². The van der Waals surface area contributed by atoms with E-state index in [2.05, 4.69) is 10.2 Å². The van der Waals surface area contributed by atoms with E-state index in [0.29, 0.717) is 34.6 Å². The van der Waals surface area contributed by atoms with Gasteiger partial charge < -0.3 is 30.5 Å². The van der Waals surface area contributed by atoms with Gasteiger partial charge in [-0.2, -0.15) is 5.11 Å². The molecule has 0 bridgehead atoms. The summed E-state index contributed by atoms with van der Waals surface area (Å²) in [6.07, 6.45) is 0.982. The van der Waals surface area contributed by atoms with E-state index in [1.165, 1.54) is 6.92 Å². The zero-order chi connectivity index (χ0) is 33.5. The average Bonchev–Trinajstić information content (AvgIpc) is 3.03. The molecule has 0 radical (unpaired) electrons. The first-order chi connectivity index (χ1) is 22.0. The van der Waals surface area contributed by atoms with E-state index in [9.17, 15) is 29.7 Å². The number of pyridine rings is 1. The van der Waals surface area contributed by atoms with Crippen LogP contribution in [-0.2, 0) is 4.79 Å². The number of amides is 1. The monoisotopic (exact) mass is 630 g/mol. The maximum Gasteiger partial charge on any atom is 0.308 e. The summed E-state index contributed by atoms with van der Waals surface area (Å²) in [6.45, 7) is 7.24. The molecule has 4 rings (SSSR count). The number of carbonyl (C=O) groups excluding carboxylic acids is 1. The smallest absolute Gasteiger partial charge is 0.308 e. The van der Waals surface area contributed by atoms with Crippen LogP contribution in [0, 0.1) is 19.8 Å². The van der Waals surface area contributed by atoms with Crippen molar-refractivity contribution in [2.45, 2.75) is 53.0 Å². The van der Waals surface area contributed by atoms with E-state index < -0.39 is 35.3 Å². The maximum absolute atomic E-state index is 13.6. The summed E-state index contributed by atoms with van der Waals surface area (Å²) >= 11 is 0. The first kappa shape index (κ1) is 33.5. The molecule has 5 N–H and O–H groups in total. The number of nitrogens with two attached hydrogens (primary N) is 1. The lowest BCUT2D eigenvalue weighted by atomic mass is 9.92. The third-order valence-corrected chi connectivity index (χ3v) is 7.86. The van der Waals surface area contributed by atoms with Crippen LogP contribution in [0.25, 0.3) is 10.8 Å². The number of aryl methyl sites for hydroxylation is 1. The van der Waals surface area contributed by atoms with Crippen LogP contribution < -0.4 is 20.8 Å². The summed E-state index contributed by atoms with van der Waals surface area (Å²) in [5.74, 6) is -2.40. The number of carboxylic acids is 1. The first-order valence-corrected chi connectivity index (χ1v) is 15.0. The summed E-state index contributed by atoms with van der Waals surface area (Å²) < 4.78 is 12.6. The minimum Gasteiger partial charge on any atom is -0.507 e. The number of hydrogen-bond donors (Lipinski definition) is 4. The van der Waals surface area contributed by atoms with E-state index in [1.807, 2.05) is 38.1 Å². The molecule has 46 heavy (non-hydrogen) atoms. The molecule has 2 unspecified atom stereocenters. The summed E-state index contributed by atoms with van der Waals surface area (Å²) in [6, 6.07) is 14.8. The molecule has 0 aliphatic rings. The number of carbonyl (C=O) groups is 2. The van der Waals surface area contributed by atoms with Crippen LogP contribution in [0.5, 0.6) is 23.1 Å². The number of hydrogen-bond acceptors (Lipinski definition) is 9. The van der Waals surface area contributed by atoms with Gasteiger partial charge in [-0.15, -0.1) is 5.11 Å². The Morgan fingerprint density at radius 3 is 2.22 bits per heavy atom. The average molecular weight is 631 g/mol. The molecule has 0 aliphatic carbocycles. The topological polar surface area (TPSA) is 186 Å². The van der Waals surface area contributed by atoms with Crippen molar-refractivity contribution in [1.82, 2.24) is 4.57 Å². The van der Waals surface area contributed by atoms with E-state index in [1.54, 1.807) is 37.3 Å². The minimum atomic E-state index is -1.12. The molecular weight excluding hydrogens is 592 g/mol. The number of phenols is 1. The van der Waals surface area contributed by atoms with Crippen LogP contribution in [-0.4, -0.2) is 45.0 Å². The van der Waals surface area contributed by atoms with Gasteiger partial charge in [0.1, 0.15) is 36.0 Å². The quantitative estimate of drug-likeness (QED) is 0.0903. The third kappa shape index (κ3) is 6.96. The van der Waals surface area contributed by atoms with E-state index >= 15 is 0 Å². The Bertz CT molecular complexity index is 1830. The molecule has 0 aliphatic heterocycles. The number of benzene rings is 3. The largest absolute Gasteiger partial charge is 0.507 e. The number of ether oxygens (including phenoxy) is 2. The van der Waals surface area contributed by atoms with Gasteiger partial charge in [0.05, 0.1) is 17.6 Å². The molecular formula is C34H38N4O8. The summed E-state index contributed by atoms with van der Waals surface area (Å²) in [7, 11) is 0. The zero-order valence-electron chi connectivity index (χ0n) is 26.2. The van der Waals surface area contributed by atoms with Crippen molar-refractivity contribution in [3.63, 3.8) is 0 Å².